The second-order valence-electron chi connectivity index (χ2n) is 15.9. The Balaban J connectivity index is 1.76. The van der Waals surface area contributed by atoms with E-state index in [1.54, 1.807) is 13.0 Å². The lowest BCUT2D eigenvalue weighted by Crippen LogP contribution is -2.89. The highest BCUT2D eigenvalue weighted by atomic mass is 16.7. The van der Waals surface area contributed by atoms with Crippen LogP contribution in [0.2, 0.25) is 0 Å². The number of hydrogen-bond donors (Lipinski definition) is 2. The highest BCUT2D eigenvalue weighted by Gasteiger charge is 2.91. The Bertz CT molecular complexity index is 2040. The molecule has 0 radical (unpaired) electrons. The summed E-state index contributed by atoms with van der Waals surface area (Å²) in [6.45, 7) is 7.80. The number of cyclic esters (lactones) is 1. The molecule has 2 aromatic rings. The molecule has 1 aromatic carbocycles. The van der Waals surface area contributed by atoms with Gasteiger partial charge in [-0.2, -0.15) is 0 Å². The number of aliphatic hydroxyl groups is 2. The highest BCUT2D eigenvalue weighted by Crippen LogP contribution is 2.70. The molecule has 13 atom stereocenters. The van der Waals surface area contributed by atoms with Crippen LogP contribution in [0.25, 0.3) is 0 Å². The molecule has 59 heavy (non-hydrogen) atoms. The Morgan fingerprint density at radius 2 is 1.44 bits per heavy atom. The number of rotatable bonds is 7. The summed E-state index contributed by atoms with van der Waals surface area (Å²) >= 11 is 0. The number of benzene rings is 1. The largest absolute Gasteiger partial charge is 0.465 e. The second-order valence-corrected chi connectivity index (χ2v) is 15.9. The van der Waals surface area contributed by atoms with E-state index >= 15 is 0 Å². The minimum atomic E-state index is -2.82. The molecule has 0 unspecified atom stereocenters. The van der Waals surface area contributed by atoms with E-state index in [9.17, 15) is 43.8 Å². The fourth-order valence-corrected chi connectivity index (χ4v) is 9.54. The molecular weight excluding hydrogens is 778 g/mol. The van der Waals surface area contributed by atoms with Gasteiger partial charge in [0.15, 0.2) is 17.8 Å². The Morgan fingerprint density at radius 1 is 0.814 bits per heavy atom. The number of nitrogens with zero attached hydrogens (tertiary/aromatic N) is 1. The number of carbonyl (C=O) groups excluding carboxylic acids is 7. The van der Waals surface area contributed by atoms with Crippen LogP contribution in [0.4, 0.5) is 0 Å². The summed E-state index contributed by atoms with van der Waals surface area (Å²) in [5.41, 5.74) is -10.2. The third-order valence-corrected chi connectivity index (χ3v) is 12.1. The number of ether oxygens (including phenoxy) is 8. The molecule has 1 saturated heterocycles. The molecule has 3 heterocycles. The van der Waals surface area contributed by atoms with Gasteiger partial charge in [0, 0.05) is 39.8 Å². The van der Waals surface area contributed by atoms with Gasteiger partial charge < -0.3 is 48.1 Å². The first-order valence-electron chi connectivity index (χ1n) is 19.0. The molecule has 0 amide bonds. The summed E-state index contributed by atoms with van der Waals surface area (Å²) in [6.07, 6.45) is -10.9. The summed E-state index contributed by atoms with van der Waals surface area (Å²) < 4.78 is 48.8. The fourth-order valence-electron chi connectivity index (χ4n) is 9.54. The van der Waals surface area contributed by atoms with Gasteiger partial charge >= 0.3 is 41.8 Å². The summed E-state index contributed by atoms with van der Waals surface area (Å²) in [7, 11) is 0. The molecule has 1 spiro atoms. The molecular formula is C41H47NO17. The topological polar surface area (TPSA) is 247 Å². The molecule has 2 aliphatic carbocycles. The summed E-state index contributed by atoms with van der Waals surface area (Å²) in [6, 6.07) is 10.3. The van der Waals surface area contributed by atoms with E-state index in [-0.39, 0.29) is 16.8 Å². The van der Waals surface area contributed by atoms with Crippen molar-refractivity contribution in [3.63, 3.8) is 0 Å². The van der Waals surface area contributed by atoms with Gasteiger partial charge in [-0.3, -0.25) is 29.0 Å². The van der Waals surface area contributed by atoms with Gasteiger partial charge in [0.1, 0.15) is 54.2 Å². The number of esters is 7. The van der Waals surface area contributed by atoms with E-state index in [4.69, 9.17) is 37.9 Å². The van der Waals surface area contributed by atoms with E-state index in [0.717, 1.165) is 34.6 Å². The minimum Gasteiger partial charge on any atom is -0.465 e. The van der Waals surface area contributed by atoms with Crippen LogP contribution in [0.1, 0.15) is 87.7 Å². The predicted molar refractivity (Wildman–Crippen MR) is 196 cm³/mol. The number of fused-ring (bicyclic) bond motifs is 5. The first-order valence-corrected chi connectivity index (χ1v) is 19.0. The Labute approximate surface area is 338 Å². The Morgan fingerprint density at radius 3 is 2.05 bits per heavy atom. The monoisotopic (exact) mass is 825 g/mol. The molecule has 2 aliphatic heterocycles. The molecule has 18 heteroatoms. The number of carbonyl (C=O) groups is 7. The van der Waals surface area contributed by atoms with Gasteiger partial charge in [0.25, 0.3) is 0 Å². The second kappa shape index (κ2) is 15.6. The molecule has 18 nitrogen and oxygen atoms in total. The maximum atomic E-state index is 14.3. The minimum absolute atomic E-state index is 0.0328. The van der Waals surface area contributed by atoms with E-state index in [2.05, 4.69) is 4.98 Å². The third kappa shape index (κ3) is 6.89. The van der Waals surface area contributed by atoms with Crippen LogP contribution in [-0.4, -0.2) is 124 Å². The molecule has 2 saturated carbocycles. The molecule has 4 aliphatic rings. The van der Waals surface area contributed by atoms with E-state index in [1.165, 1.54) is 56.4 Å². The lowest BCUT2D eigenvalue weighted by molar-refractivity contribution is -0.385. The summed E-state index contributed by atoms with van der Waals surface area (Å²) in [4.78, 5) is 99.4. The van der Waals surface area contributed by atoms with E-state index in [1.807, 2.05) is 0 Å². The van der Waals surface area contributed by atoms with Gasteiger partial charge in [-0.15, -0.1) is 0 Å². The van der Waals surface area contributed by atoms with Crippen LogP contribution in [0.3, 0.4) is 0 Å². The van der Waals surface area contributed by atoms with Crippen molar-refractivity contribution >= 4 is 41.8 Å². The summed E-state index contributed by atoms with van der Waals surface area (Å²) in [5.74, 6) is -10.6. The smallest absolute Gasteiger partial charge is 0.340 e. The van der Waals surface area contributed by atoms with E-state index < -0.39 is 132 Å². The zero-order valence-electron chi connectivity index (χ0n) is 33.7. The number of aromatic nitrogens is 1. The zero-order valence-corrected chi connectivity index (χ0v) is 33.7. The fraction of sp³-hybridized carbons (Fsp3) is 0.561. The summed E-state index contributed by atoms with van der Waals surface area (Å²) in [5, 5.41) is 26.0. The highest BCUT2D eigenvalue weighted by molar-refractivity contribution is 5.91. The first-order chi connectivity index (χ1) is 27.6. The average Bonchev–Trinajstić information content (AvgIpc) is 3.39. The van der Waals surface area contributed by atoms with Crippen LogP contribution < -0.4 is 0 Å². The van der Waals surface area contributed by atoms with Crippen molar-refractivity contribution in [2.24, 2.45) is 17.3 Å². The van der Waals surface area contributed by atoms with Crippen molar-refractivity contribution < 1.29 is 81.7 Å². The molecule has 2 N–H and O–H groups in total. The number of pyridine rings is 1. The molecule has 6 rings (SSSR count). The normalized spacial score (nSPS) is 37.4. The van der Waals surface area contributed by atoms with Crippen LogP contribution in [0, 0.1) is 17.3 Å². The van der Waals surface area contributed by atoms with Crippen molar-refractivity contribution in [2.75, 3.05) is 13.2 Å². The van der Waals surface area contributed by atoms with E-state index in [0.29, 0.717) is 0 Å². The molecule has 1 aromatic heterocycles. The maximum absolute atomic E-state index is 14.3. The van der Waals surface area contributed by atoms with Gasteiger partial charge in [-0.05, 0) is 38.1 Å². The lowest BCUT2D eigenvalue weighted by Gasteiger charge is -2.67. The molecule has 3 fully saturated rings. The zero-order chi connectivity index (χ0) is 43.4. The van der Waals surface area contributed by atoms with Crippen LogP contribution in [0.5, 0.6) is 0 Å². The van der Waals surface area contributed by atoms with Crippen molar-refractivity contribution in [3.8, 4) is 0 Å². The standard InChI is InChI=1S/C41H47NO17/c1-19-20(2)35(48)57-32-29(47)33(58-36(49)25-13-10-9-11-14-25)40(18-52-21(3)43)34(56-24(6)46)30(54-22(4)44)27-31(55-23(5)45)41(40,39(32,8)51)59-38(27,7)17-53-37(50)26-15-12-16-42-28(19)26/h9-16,19-20,27,29-34,47,51H,17-18H2,1-8H3/t19-,20+,27+,29-,30+,31+,32-,33-,34-,38+,39+,40+,41-/m1/s1. The average molecular weight is 826 g/mol. The van der Waals surface area contributed by atoms with Gasteiger partial charge in [0.05, 0.1) is 28.7 Å². The van der Waals surface area contributed by atoms with Crippen molar-refractivity contribution in [1.29, 1.82) is 0 Å². The van der Waals surface area contributed by atoms with Crippen LogP contribution in [0.15, 0.2) is 48.7 Å². The maximum Gasteiger partial charge on any atom is 0.340 e. The lowest BCUT2D eigenvalue weighted by atomic mass is 9.45. The van der Waals surface area contributed by atoms with Gasteiger partial charge in [-0.25, -0.2) is 9.59 Å². The predicted octanol–water partition coefficient (Wildman–Crippen LogP) is 1.76. The number of aliphatic hydroxyl groups excluding tert-OH is 1. The Kier molecular flexibility index (Phi) is 11.4. The molecule has 4 bridgehead atoms. The Hall–Kier alpha value is -5.46. The van der Waals surface area contributed by atoms with Crippen LogP contribution in [-0.2, 0) is 61.9 Å². The third-order valence-electron chi connectivity index (χ3n) is 12.1. The first kappa shape index (κ1) is 43.1. The molecule has 318 valence electrons. The van der Waals surface area contributed by atoms with Crippen molar-refractivity contribution in [2.45, 2.75) is 115 Å². The number of hydrogen-bond acceptors (Lipinski definition) is 18. The van der Waals surface area contributed by atoms with Gasteiger partial charge in [-0.1, -0.05) is 32.0 Å². The quantitative estimate of drug-likeness (QED) is 0.298. The van der Waals surface area contributed by atoms with Crippen molar-refractivity contribution in [1.82, 2.24) is 4.98 Å². The SMILES string of the molecule is CC(=O)OC[C@@]12[C@H](OC(=O)c3ccccc3)[C@H](O)[C@H]3OC(=O)[C@@H](C)[C@@H](C)c4ncccc4C(=O)OC[C@]4(C)O[C@]1([C@@H](OC(C)=O)[C@@H]4[C@H](OC(C)=O)[C@H]2OC(C)=O)[C@@]3(C)O. The van der Waals surface area contributed by atoms with Crippen molar-refractivity contribution in [3.05, 3.63) is 65.5 Å². The van der Waals surface area contributed by atoms with Gasteiger partial charge in [0.2, 0.25) is 0 Å². The van der Waals surface area contributed by atoms with Crippen LogP contribution >= 0.6 is 0 Å².